The van der Waals surface area contributed by atoms with Gasteiger partial charge in [-0.1, -0.05) is 32.7 Å². The largest absolute Gasteiger partial charge is 0.304 e. The smallest absolute Gasteiger partial charge is 0.0160 e. The van der Waals surface area contributed by atoms with Crippen LogP contribution in [0.15, 0.2) is 0 Å². The van der Waals surface area contributed by atoms with E-state index in [1.807, 2.05) is 25.8 Å². The molecule has 2 nitrogen and oxygen atoms in total. The highest BCUT2D eigenvalue weighted by atomic mass is 32.2. The highest BCUT2D eigenvalue weighted by Gasteiger charge is 2.44. The van der Waals surface area contributed by atoms with Crippen molar-refractivity contribution in [3.05, 3.63) is 0 Å². The Morgan fingerprint density at radius 2 is 1.67 bits per heavy atom. The maximum Gasteiger partial charge on any atom is 0.0160 e. The summed E-state index contributed by atoms with van der Waals surface area (Å²) in [5.41, 5.74) is 0.717. The van der Waals surface area contributed by atoms with Gasteiger partial charge in [-0.3, -0.25) is 0 Å². The van der Waals surface area contributed by atoms with Gasteiger partial charge in [-0.25, -0.2) is 4.31 Å². The molecule has 0 atom stereocenters. The third-order valence-corrected chi connectivity index (χ3v) is 4.42. The van der Waals surface area contributed by atoms with Crippen LogP contribution in [-0.4, -0.2) is 48.2 Å². The van der Waals surface area contributed by atoms with Crippen LogP contribution in [0.3, 0.4) is 0 Å². The van der Waals surface area contributed by atoms with Crippen LogP contribution < -0.4 is 0 Å². The summed E-state index contributed by atoms with van der Waals surface area (Å²) in [4.78, 5) is 2.58. The molecule has 0 aliphatic carbocycles. The standard InChI is InChI=1S/C10H20N2S.C2H6/c1-3-11-6-4-10(5-7-11)8-12(9-10)13-2;1-2/h3-9H2,1-2H3;1-2H3. The van der Waals surface area contributed by atoms with Crippen molar-refractivity contribution in [3.63, 3.8) is 0 Å². The molecule has 2 aliphatic rings. The van der Waals surface area contributed by atoms with Crippen LogP contribution >= 0.6 is 11.9 Å². The second-order valence-electron chi connectivity index (χ2n) is 4.41. The number of nitrogens with zero attached hydrogens (tertiary/aromatic N) is 2. The van der Waals surface area contributed by atoms with Crippen molar-refractivity contribution in [2.75, 3.05) is 39.0 Å². The van der Waals surface area contributed by atoms with Crippen LogP contribution in [0.1, 0.15) is 33.6 Å². The second kappa shape index (κ2) is 6.12. The maximum atomic E-state index is 2.58. The Morgan fingerprint density at radius 3 is 2.07 bits per heavy atom. The molecule has 0 unspecified atom stereocenters. The van der Waals surface area contributed by atoms with Crippen LogP contribution in [0.25, 0.3) is 0 Å². The molecule has 2 heterocycles. The van der Waals surface area contributed by atoms with E-state index in [2.05, 4.69) is 22.4 Å². The van der Waals surface area contributed by atoms with Gasteiger partial charge in [0.2, 0.25) is 0 Å². The molecule has 2 rings (SSSR count). The maximum absolute atomic E-state index is 2.58. The topological polar surface area (TPSA) is 6.48 Å². The Bertz CT molecular complexity index is 168. The Kier molecular flexibility index (Phi) is 5.44. The van der Waals surface area contributed by atoms with Gasteiger partial charge in [0.15, 0.2) is 0 Å². The number of likely N-dealkylation sites (tertiary alicyclic amines) is 1. The zero-order chi connectivity index (χ0) is 11.3. The molecule has 15 heavy (non-hydrogen) atoms. The summed E-state index contributed by atoms with van der Waals surface area (Å²) in [5.74, 6) is 0. The SMILES string of the molecule is CC.CCN1CCC2(CC1)CN(SC)C2. The zero-order valence-corrected chi connectivity index (χ0v) is 11.6. The molecule has 0 radical (unpaired) electrons. The van der Waals surface area contributed by atoms with Gasteiger partial charge in [0.1, 0.15) is 0 Å². The molecule has 0 bridgehead atoms. The molecule has 90 valence electrons. The van der Waals surface area contributed by atoms with Crippen LogP contribution in [0.2, 0.25) is 0 Å². The summed E-state index contributed by atoms with van der Waals surface area (Å²) in [5, 5.41) is 0. The summed E-state index contributed by atoms with van der Waals surface area (Å²) in [6, 6.07) is 0. The first-order valence-electron chi connectivity index (χ1n) is 6.29. The van der Waals surface area contributed by atoms with Gasteiger partial charge in [-0.2, -0.15) is 0 Å². The van der Waals surface area contributed by atoms with Gasteiger partial charge in [-0.15, -0.1) is 0 Å². The van der Waals surface area contributed by atoms with Crippen LogP contribution in [0, 0.1) is 5.41 Å². The third kappa shape index (κ3) is 3.11. The van der Waals surface area contributed by atoms with E-state index >= 15 is 0 Å². The van der Waals surface area contributed by atoms with E-state index in [1.165, 1.54) is 45.6 Å². The molecule has 0 aromatic heterocycles. The van der Waals surface area contributed by atoms with E-state index in [1.54, 1.807) is 0 Å². The van der Waals surface area contributed by atoms with Crippen molar-refractivity contribution in [3.8, 4) is 0 Å². The van der Waals surface area contributed by atoms with Gasteiger partial charge in [0, 0.05) is 18.5 Å². The lowest BCUT2D eigenvalue weighted by Crippen LogP contribution is -2.57. The second-order valence-corrected chi connectivity index (χ2v) is 5.30. The molecule has 0 amide bonds. The summed E-state index contributed by atoms with van der Waals surface area (Å²) in [6.07, 6.45) is 5.05. The number of hydrogen-bond acceptors (Lipinski definition) is 3. The molecule has 0 saturated carbocycles. The fourth-order valence-electron chi connectivity index (χ4n) is 2.49. The molecule has 1 spiro atoms. The predicted molar refractivity (Wildman–Crippen MR) is 70.2 cm³/mol. The monoisotopic (exact) mass is 230 g/mol. The minimum atomic E-state index is 0.717. The van der Waals surface area contributed by atoms with Crippen molar-refractivity contribution in [1.82, 2.24) is 9.21 Å². The van der Waals surface area contributed by atoms with Gasteiger partial charge >= 0.3 is 0 Å². The van der Waals surface area contributed by atoms with Crippen molar-refractivity contribution in [2.24, 2.45) is 5.41 Å². The van der Waals surface area contributed by atoms with E-state index in [9.17, 15) is 0 Å². The average molecular weight is 230 g/mol. The fourth-order valence-corrected chi connectivity index (χ4v) is 3.30. The predicted octanol–water partition coefficient (Wildman–Crippen LogP) is 2.71. The molecular formula is C12H26N2S. The minimum Gasteiger partial charge on any atom is -0.304 e. The zero-order valence-electron chi connectivity index (χ0n) is 10.8. The lowest BCUT2D eigenvalue weighted by atomic mass is 9.73. The van der Waals surface area contributed by atoms with Crippen molar-refractivity contribution >= 4 is 11.9 Å². The Morgan fingerprint density at radius 1 is 1.13 bits per heavy atom. The van der Waals surface area contributed by atoms with Crippen LogP contribution in [-0.2, 0) is 0 Å². The molecular weight excluding hydrogens is 204 g/mol. The van der Waals surface area contributed by atoms with Gasteiger partial charge in [0.25, 0.3) is 0 Å². The minimum absolute atomic E-state index is 0.717. The van der Waals surface area contributed by atoms with Crippen LogP contribution in [0.4, 0.5) is 0 Å². The normalized spacial score (nSPS) is 25.6. The van der Waals surface area contributed by atoms with E-state index in [0.29, 0.717) is 5.41 Å². The van der Waals surface area contributed by atoms with Gasteiger partial charge in [0.05, 0.1) is 0 Å². The summed E-state index contributed by atoms with van der Waals surface area (Å²) in [6.45, 7) is 12.9. The molecule has 3 heteroatoms. The summed E-state index contributed by atoms with van der Waals surface area (Å²) in [7, 11) is 0. The van der Waals surface area contributed by atoms with Gasteiger partial charge < -0.3 is 4.90 Å². The van der Waals surface area contributed by atoms with E-state index in [-0.39, 0.29) is 0 Å². The van der Waals surface area contributed by atoms with Crippen molar-refractivity contribution < 1.29 is 0 Å². The summed E-state index contributed by atoms with van der Waals surface area (Å²) >= 11 is 1.91. The lowest BCUT2D eigenvalue weighted by Gasteiger charge is -2.53. The molecule has 2 saturated heterocycles. The molecule has 2 aliphatic heterocycles. The fraction of sp³-hybridized carbons (Fsp3) is 1.00. The molecule has 2 fully saturated rings. The lowest BCUT2D eigenvalue weighted by molar-refractivity contribution is 0.00813. The number of piperidine rings is 1. The van der Waals surface area contributed by atoms with Crippen molar-refractivity contribution in [2.45, 2.75) is 33.6 Å². The first kappa shape index (κ1) is 13.3. The summed E-state index contributed by atoms with van der Waals surface area (Å²) < 4.78 is 2.49. The van der Waals surface area contributed by atoms with E-state index in [4.69, 9.17) is 0 Å². The Labute approximate surface area is 99.5 Å². The Hall–Kier alpha value is 0.270. The highest BCUT2D eigenvalue weighted by Crippen LogP contribution is 2.42. The van der Waals surface area contributed by atoms with Crippen LogP contribution in [0.5, 0.6) is 0 Å². The quantitative estimate of drug-likeness (QED) is 0.674. The first-order valence-corrected chi connectivity index (χ1v) is 7.47. The molecule has 0 N–H and O–H groups in total. The third-order valence-electron chi connectivity index (χ3n) is 3.65. The molecule has 0 aromatic carbocycles. The van der Waals surface area contributed by atoms with Crippen molar-refractivity contribution in [1.29, 1.82) is 0 Å². The average Bonchev–Trinajstić information content (AvgIpc) is 2.28. The first-order chi connectivity index (χ1) is 7.28. The highest BCUT2D eigenvalue weighted by molar-refractivity contribution is 7.96. The molecule has 0 aromatic rings. The Balaban J connectivity index is 0.000000531. The van der Waals surface area contributed by atoms with Gasteiger partial charge in [-0.05, 0) is 38.7 Å². The van der Waals surface area contributed by atoms with E-state index < -0.39 is 0 Å². The number of rotatable bonds is 2. The number of hydrogen-bond donors (Lipinski definition) is 0. The van der Waals surface area contributed by atoms with E-state index in [0.717, 1.165) is 0 Å².